The number of nitrogens with zero attached hydrogens (tertiary/aromatic N) is 4. The largest absolute Gasteiger partial charge is 0.353 e. The van der Waals surface area contributed by atoms with Gasteiger partial charge < -0.3 is 21.3 Å². The first-order valence-electron chi connectivity index (χ1n) is 9.82. The van der Waals surface area contributed by atoms with E-state index < -0.39 is 30.0 Å². The molecule has 2 heterocycles. The molecule has 0 amide bonds. The number of benzene rings is 1. The number of aromatic nitrogens is 3. The highest BCUT2D eigenvalue weighted by Crippen LogP contribution is 2.29. The zero-order valence-electron chi connectivity index (χ0n) is 17.3. The van der Waals surface area contributed by atoms with E-state index in [2.05, 4.69) is 25.6 Å². The quantitative estimate of drug-likeness (QED) is 0.328. The molecule has 15 heteroatoms. The molecule has 1 aromatic carbocycles. The average Bonchev–Trinajstić information content (AvgIpc) is 2.71. The van der Waals surface area contributed by atoms with E-state index >= 15 is 0 Å². The second kappa shape index (κ2) is 9.50. The summed E-state index contributed by atoms with van der Waals surface area (Å²) in [5, 5.41) is 5.57. The van der Waals surface area contributed by atoms with E-state index in [-0.39, 0.29) is 23.6 Å². The number of piperidine rings is 1. The molecular weight excluding hydrogens is 462 g/mol. The molecule has 0 aliphatic carbocycles. The molecule has 1 atom stereocenters. The Morgan fingerprint density at radius 3 is 2.44 bits per heavy atom. The second-order valence-corrected chi connectivity index (χ2v) is 10.1. The van der Waals surface area contributed by atoms with Crippen LogP contribution in [0.25, 0.3) is 0 Å². The van der Waals surface area contributed by atoms with Crippen molar-refractivity contribution in [3.8, 4) is 0 Å². The van der Waals surface area contributed by atoms with Crippen molar-refractivity contribution in [3.63, 3.8) is 0 Å². The van der Waals surface area contributed by atoms with Crippen molar-refractivity contribution in [1.29, 1.82) is 0 Å². The van der Waals surface area contributed by atoms with Crippen molar-refractivity contribution in [1.82, 2.24) is 15.0 Å². The van der Waals surface area contributed by atoms with Gasteiger partial charge in [0.25, 0.3) is 20.2 Å². The van der Waals surface area contributed by atoms with Gasteiger partial charge in [0.05, 0.1) is 10.6 Å². The van der Waals surface area contributed by atoms with E-state index in [0.717, 1.165) is 44.0 Å². The van der Waals surface area contributed by atoms with Crippen molar-refractivity contribution in [3.05, 3.63) is 18.2 Å². The third-order valence-electron chi connectivity index (χ3n) is 4.88. The van der Waals surface area contributed by atoms with Crippen LogP contribution in [0.3, 0.4) is 0 Å². The van der Waals surface area contributed by atoms with Gasteiger partial charge in [-0.1, -0.05) is 0 Å². The highest BCUT2D eigenvalue weighted by molar-refractivity contribution is 7.86. The Bertz CT molecular complexity index is 1190. The summed E-state index contributed by atoms with van der Waals surface area (Å²) in [6.45, 7) is 3.44. The lowest BCUT2D eigenvalue weighted by Gasteiger charge is -2.33. The SMILES string of the molecule is CC1CCCCN1c1nc(NCCN)nc(Nc2cc(S(=O)(=O)O)ccc2S(=O)(=O)O)n1. The Balaban J connectivity index is 2.08. The summed E-state index contributed by atoms with van der Waals surface area (Å²) < 4.78 is 65.5. The summed E-state index contributed by atoms with van der Waals surface area (Å²) in [6, 6.07) is 2.73. The minimum atomic E-state index is -4.73. The first-order chi connectivity index (χ1) is 15.0. The van der Waals surface area contributed by atoms with E-state index in [0.29, 0.717) is 19.0 Å². The molecular formula is C17H25N7O6S2. The number of nitrogens with two attached hydrogens (primary N) is 1. The monoisotopic (exact) mass is 487 g/mol. The highest BCUT2D eigenvalue weighted by atomic mass is 32.2. The van der Waals surface area contributed by atoms with Crippen LogP contribution >= 0.6 is 0 Å². The van der Waals surface area contributed by atoms with Crippen LogP contribution < -0.4 is 21.3 Å². The minimum absolute atomic E-state index is 0.0929. The van der Waals surface area contributed by atoms with E-state index in [1.165, 1.54) is 0 Å². The molecule has 3 rings (SSSR count). The van der Waals surface area contributed by atoms with Crippen molar-refractivity contribution < 1.29 is 25.9 Å². The van der Waals surface area contributed by atoms with Crippen LogP contribution in [0, 0.1) is 0 Å². The van der Waals surface area contributed by atoms with E-state index in [1.54, 1.807) is 0 Å². The summed E-state index contributed by atoms with van der Waals surface area (Å²) in [4.78, 5) is 13.7. The maximum atomic E-state index is 11.8. The Morgan fingerprint density at radius 1 is 1.09 bits per heavy atom. The molecule has 0 saturated carbocycles. The average molecular weight is 488 g/mol. The third-order valence-corrected chi connectivity index (χ3v) is 6.65. The van der Waals surface area contributed by atoms with Gasteiger partial charge in [-0.15, -0.1) is 0 Å². The zero-order valence-corrected chi connectivity index (χ0v) is 18.9. The van der Waals surface area contributed by atoms with Gasteiger partial charge in [-0.3, -0.25) is 9.11 Å². The van der Waals surface area contributed by atoms with Crippen LogP contribution in [-0.2, 0) is 20.2 Å². The summed E-state index contributed by atoms with van der Waals surface area (Å²) in [5.74, 6) is 0.429. The fraction of sp³-hybridized carbons (Fsp3) is 0.471. The van der Waals surface area contributed by atoms with E-state index in [1.807, 2.05) is 11.8 Å². The Labute approximate surface area is 186 Å². The number of nitrogens with one attached hydrogen (secondary N) is 2. The third kappa shape index (κ3) is 5.80. The predicted molar refractivity (Wildman–Crippen MR) is 117 cm³/mol. The zero-order chi connectivity index (χ0) is 23.5. The van der Waals surface area contributed by atoms with Gasteiger partial charge in [0.2, 0.25) is 17.8 Å². The molecule has 1 saturated heterocycles. The normalized spacial score (nSPS) is 17.2. The van der Waals surface area contributed by atoms with Crippen LogP contribution in [0.1, 0.15) is 26.2 Å². The lowest BCUT2D eigenvalue weighted by atomic mass is 10.0. The summed E-state index contributed by atoms with van der Waals surface area (Å²) in [5.41, 5.74) is 5.19. The fourth-order valence-corrected chi connectivity index (χ4v) is 4.45. The first-order valence-corrected chi connectivity index (χ1v) is 12.7. The number of hydrogen-bond acceptors (Lipinski definition) is 11. The molecule has 2 aromatic rings. The lowest BCUT2D eigenvalue weighted by molar-refractivity contribution is 0.477. The van der Waals surface area contributed by atoms with Gasteiger partial charge in [0.1, 0.15) is 4.90 Å². The predicted octanol–water partition coefficient (Wildman–Crippen LogP) is 0.858. The molecule has 1 fully saturated rings. The van der Waals surface area contributed by atoms with Crippen molar-refractivity contribution >= 4 is 43.8 Å². The molecule has 32 heavy (non-hydrogen) atoms. The minimum Gasteiger partial charge on any atom is -0.353 e. The van der Waals surface area contributed by atoms with Gasteiger partial charge in [-0.25, -0.2) is 0 Å². The van der Waals surface area contributed by atoms with Gasteiger partial charge in [-0.2, -0.15) is 31.8 Å². The molecule has 0 bridgehead atoms. The Kier molecular flexibility index (Phi) is 7.14. The Morgan fingerprint density at radius 2 is 1.81 bits per heavy atom. The van der Waals surface area contributed by atoms with E-state index in [4.69, 9.17) is 5.73 Å². The maximum Gasteiger partial charge on any atom is 0.296 e. The molecule has 1 aliphatic rings. The number of anilines is 4. The van der Waals surface area contributed by atoms with Crippen LogP contribution in [0.5, 0.6) is 0 Å². The molecule has 0 radical (unpaired) electrons. The molecule has 6 N–H and O–H groups in total. The highest BCUT2D eigenvalue weighted by Gasteiger charge is 2.24. The van der Waals surface area contributed by atoms with Crippen LogP contribution in [0.2, 0.25) is 0 Å². The molecule has 176 valence electrons. The standard InChI is InChI=1S/C17H25N7O6S2/c1-11-4-2-3-9-24(11)17-22-15(19-8-7-18)21-16(23-17)20-13-10-12(31(25,26)27)5-6-14(13)32(28,29)30/h5-6,10-11H,2-4,7-9,18H2,1H3,(H,25,26,27)(H,28,29,30)(H2,19,20,21,22,23). The number of rotatable bonds is 8. The fourth-order valence-electron chi connectivity index (χ4n) is 3.32. The second-order valence-electron chi connectivity index (χ2n) is 7.27. The smallest absolute Gasteiger partial charge is 0.296 e. The van der Waals surface area contributed by atoms with Gasteiger partial charge >= 0.3 is 0 Å². The summed E-state index contributed by atoms with van der Waals surface area (Å²) in [7, 11) is -9.37. The van der Waals surface area contributed by atoms with Crippen LogP contribution in [0.15, 0.2) is 28.0 Å². The molecule has 13 nitrogen and oxygen atoms in total. The van der Waals surface area contributed by atoms with Crippen molar-refractivity contribution in [2.24, 2.45) is 5.73 Å². The van der Waals surface area contributed by atoms with Crippen molar-refractivity contribution in [2.75, 3.05) is 35.2 Å². The van der Waals surface area contributed by atoms with Crippen LogP contribution in [-0.4, -0.2) is 66.6 Å². The van der Waals surface area contributed by atoms with Crippen LogP contribution in [0.4, 0.5) is 23.5 Å². The Hall–Kier alpha value is -2.59. The summed E-state index contributed by atoms with van der Waals surface area (Å²) in [6.07, 6.45) is 2.98. The summed E-state index contributed by atoms with van der Waals surface area (Å²) >= 11 is 0. The van der Waals surface area contributed by atoms with Gasteiger partial charge in [0, 0.05) is 25.7 Å². The maximum absolute atomic E-state index is 11.8. The molecule has 1 unspecified atom stereocenters. The van der Waals surface area contributed by atoms with Gasteiger partial charge in [0.15, 0.2) is 0 Å². The molecule has 1 aromatic heterocycles. The number of hydrogen-bond donors (Lipinski definition) is 5. The topological polar surface area (TPSA) is 201 Å². The lowest BCUT2D eigenvalue weighted by Crippen LogP contribution is -2.39. The van der Waals surface area contributed by atoms with Crippen molar-refractivity contribution in [2.45, 2.75) is 42.0 Å². The van der Waals surface area contributed by atoms with Gasteiger partial charge in [-0.05, 0) is 44.4 Å². The molecule has 0 spiro atoms. The molecule has 1 aliphatic heterocycles. The first kappa shape index (κ1) is 24.1. The van der Waals surface area contributed by atoms with E-state index in [9.17, 15) is 25.9 Å².